The van der Waals surface area contributed by atoms with Gasteiger partial charge in [0.05, 0.1) is 5.69 Å². The van der Waals surface area contributed by atoms with E-state index < -0.39 is 12.5 Å². The van der Waals surface area contributed by atoms with Crippen molar-refractivity contribution in [3.63, 3.8) is 0 Å². The van der Waals surface area contributed by atoms with Crippen molar-refractivity contribution >= 4 is 17.2 Å². The first-order valence-electron chi connectivity index (χ1n) is 12.4. The second kappa shape index (κ2) is 11.2. The third-order valence-corrected chi connectivity index (χ3v) is 7.94. The molecule has 3 heterocycles. The van der Waals surface area contributed by atoms with Gasteiger partial charge in [0, 0.05) is 43.5 Å². The molecule has 0 atom stereocenters. The van der Waals surface area contributed by atoms with E-state index in [0.29, 0.717) is 23.4 Å². The Balaban J connectivity index is 1.20. The maximum Gasteiger partial charge on any atom is 0.278 e. The Morgan fingerprint density at radius 3 is 2.77 bits per heavy atom. The van der Waals surface area contributed by atoms with Crippen molar-refractivity contribution in [2.24, 2.45) is 5.92 Å². The molecule has 10 heteroatoms. The lowest BCUT2D eigenvalue weighted by Crippen LogP contribution is -2.40. The average molecular weight is 509 g/mol. The van der Waals surface area contributed by atoms with Crippen LogP contribution in [0.2, 0.25) is 0 Å². The number of carbonyl (C=O) groups is 1. The normalized spacial score (nSPS) is 20.9. The lowest BCUT2D eigenvalue weighted by Gasteiger charge is -2.32. The van der Waals surface area contributed by atoms with Crippen LogP contribution in [-0.2, 0) is 19.5 Å². The monoisotopic (exact) mass is 508 g/mol. The molecule has 1 fully saturated rings. The van der Waals surface area contributed by atoms with Crippen LogP contribution in [0.15, 0.2) is 23.0 Å². The van der Waals surface area contributed by atoms with Gasteiger partial charge in [0.2, 0.25) is 0 Å². The van der Waals surface area contributed by atoms with Gasteiger partial charge in [-0.2, -0.15) is 0 Å². The highest BCUT2D eigenvalue weighted by atomic mass is 32.1. The maximum absolute atomic E-state index is 13.1. The summed E-state index contributed by atoms with van der Waals surface area (Å²) in [7, 11) is 0. The van der Waals surface area contributed by atoms with Gasteiger partial charge >= 0.3 is 0 Å². The number of hydrogen-bond acceptors (Lipinski definition) is 6. The highest BCUT2D eigenvalue weighted by Crippen LogP contribution is 2.32. The van der Waals surface area contributed by atoms with Crippen LogP contribution in [0, 0.1) is 5.92 Å². The number of hydrogen-bond donors (Lipinski definition) is 1. The molecular weight excluding hydrogens is 474 g/mol. The number of alkyl halides is 2. The highest BCUT2D eigenvalue weighted by molar-refractivity contribution is 7.13. The molecule has 7 nitrogen and oxygen atoms in total. The van der Waals surface area contributed by atoms with E-state index in [0.717, 1.165) is 75.7 Å². The van der Waals surface area contributed by atoms with Crippen molar-refractivity contribution in [1.29, 1.82) is 0 Å². The number of aromatic nitrogens is 2. The van der Waals surface area contributed by atoms with E-state index in [1.807, 2.05) is 6.92 Å². The number of rotatable bonds is 9. The summed E-state index contributed by atoms with van der Waals surface area (Å²) < 4.78 is 32.8. The Bertz CT molecular complexity index is 1070. The first kappa shape index (κ1) is 25.8. The fraction of sp³-hybridized carbons (Fsp3) is 0.640. The third-order valence-electron chi connectivity index (χ3n) is 6.87. The van der Waals surface area contributed by atoms with Crippen molar-refractivity contribution in [3.8, 4) is 5.19 Å². The van der Waals surface area contributed by atoms with Gasteiger partial charge in [-0.25, -0.2) is 13.8 Å². The van der Waals surface area contributed by atoms with Crippen molar-refractivity contribution in [2.45, 2.75) is 77.4 Å². The summed E-state index contributed by atoms with van der Waals surface area (Å²) in [5.74, 6) is -2.41. The highest BCUT2D eigenvalue weighted by Gasteiger charge is 2.27. The average Bonchev–Trinajstić information content (AvgIpc) is 3.24. The number of carbonyl (C=O) groups excluding carboxylic acids is 1. The lowest BCUT2D eigenvalue weighted by atomic mass is 9.84. The van der Waals surface area contributed by atoms with E-state index in [-0.39, 0.29) is 17.5 Å². The summed E-state index contributed by atoms with van der Waals surface area (Å²) in [5.41, 5.74) is 1.22. The molecule has 0 aromatic carbocycles. The van der Waals surface area contributed by atoms with Crippen molar-refractivity contribution in [2.75, 3.05) is 19.7 Å². The van der Waals surface area contributed by atoms with Crippen molar-refractivity contribution in [1.82, 2.24) is 19.8 Å². The second-order valence-corrected chi connectivity index (χ2v) is 10.8. The van der Waals surface area contributed by atoms with Crippen LogP contribution in [0.25, 0.3) is 0 Å². The Morgan fingerprint density at radius 2 is 2.06 bits per heavy atom. The molecule has 1 saturated carbocycles. The number of fused-ring (bicyclic) bond motifs is 1. The van der Waals surface area contributed by atoms with E-state index >= 15 is 0 Å². The van der Waals surface area contributed by atoms with Crippen LogP contribution in [-0.4, -0.2) is 52.0 Å². The molecule has 2 aromatic heterocycles. The molecule has 192 valence electrons. The largest absolute Gasteiger partial charge is 0.464 e. The van der Waals surface area contributed by atoms with Crippen molar-refractivity contribution in [3.05, 3.63) is 44.8 Å². The smallest absolute Gasteiger partial charge is 0.278 e. The van der Waals surface area contributed by atoms with Gasteiger partial charge in [-0.05, 0) is 64.0 Å². The maximum atomic E-state index is 13.1. The molecule has 2 aliphatic rings. The zero-order chi connectivity index (χ0) is 25.0. The summed E-state index contributed by atoms with van der Waals surface area (Å²) in [5, 5.41) is 3.46. The minimum absolute atomic E-state index is 0.140. The number of amides is 1. The fourth-order valence-corrected chi connectivity index (χ4v) is 5.84. The number of pyridine rings is 1. The van der Waals surface area contributed by atoms with Crippen LogP contribution in [0.3, 0.4) is 0 Å². The Hall–Kier alpha value is -2.33. The second-order valence-electron chi connectivity index (χ2n) is 9.71. The fourth-order valence-electron chi connectivity index (χ4n) is 4.93. The molecule has 4 rings (SSSR count). The third kappa shape index (κ3) is 6.88. The standard InChI is InChI=1S/C25H34F2N4O3S/c1-3-31-20(5-4-6-22(31)32)23(33)28-18-9-7-17(8-10-18)11-13-30-14-12-21-19(15-30)29-24(35-21)34-16-25(2,26)27/h4-6,17-18H,3,7-16H2,1-2H3,(H,28,33)/t17-,18-. The van der Waals surface area contributed by atoms with Crippen molar-refractivity contribution < 1.29 is 18.3 Å². The van der Waals surface area contributed by atoms with E-state index in [9.17, 15) is 18.4 Å². The molecule has 0 saturated heterocycles. The molecule has 1 amide bonds. The van der Waals surface area contributed by atoms with Gasteiger partial charge in [0.15, 0.2) is 6.61 Å². The predicted octanol–water partition coefficient (Wildman–Crippen LogP) is 4.10. The topological polar surface area (TPSA) is 76.5 Å². The van der Waals surface area contributed by atoms with Gasteiger partial charge in [-0.3, -0.25) is 14.5 Å². The van der Waals surface area contributed by atoms with E-state index in [1.165, 1.54) is 22.0 Å². The van der Waals surface area contributed by atoms with Crippen LogP contribution >= 0.6 is 11.3 Å². The zero-order valence-electron chi connectivity index (χ0n) is 20.4. The number of ether oxygens (including phenoxy) is 1. The predicted molar refractivity (Wildman–Crippen MR) is 131 cm³/mol. The van der Waals surface area contributed by atoms with E-state index in [4.69, 9.17) is 4.74 Å². The van der Waals surface area contributed by atoms with Gasteiger partial charge in [-0.15, -0.1) is 0 Å². The van der Waals surface area contributed by atoms with E-state index in [2.05, 4.69) is 15.2 Å². The number of thiazole rings is 1. The van der Waals surface area contributed by atoms with Gasteiger partial charge in [0.1, 0.15) is 5.69 Å². The van der Waals surface area contributed by atoms with Crippen LogP contribution < -0.4 is 15.6 Å². The van der Waals surface area contributed by atoms with Crippen LogP contribution in [0.4, 0.5) is 8.78 Å². The minimum atomic E-state index is -2.86. The molecule has 2 aromatic rings. The number of halogens is 2. The van der Waals surface area contributed by atoms with Gasteiger partial charge < -0.3 is 14.6 Å². The summed E-state index contributed by atoms with van der Waals surface area (Å²) in [4.78, 5) is 32.7. The Morgan fingerprint density at radius 1 is 1.29 bits per heavy atom. The summed E-state index contributed by atoms with van der Waals surface area (Å²) >= 11 is 1.38. The molecule has 35 heavy (non-hydrogen) atoms. The summed E-state index contributed by atoms with van der Waals surface area (Å²) in [6.07, 6.45) is 6.00. The zero-order valence-corrected chi connectivity index (χ0v) is 21.2. The molecule has 1 aliphatic carbocycles. The Labute approximate surface area is 208 Å². The van der Waals surface area contributed by atoms with Crippen LogP contribution in [0.5, 0.6) is 5.19 Å². The SMILES string of the molecule is CCn1c(C(=O)N[C@H]2CC[C@H](CCN3CCc4sc(OCC(C)(F)F)nc4C3)CC2)cccc1=O. The molecule has 1 aliphatic heterocycles. The summed E-state index contributed by atoms with van der Waals surface area (Å²) in [6.45, 7) is 5.19. The minimum Gasteiger partial charge on any atom is -0.464 e. The number of nitrogens with one attached hydrogen (secondary N) is 1. The molecular formula is C25H34F2N4O3S. The molecule has 0 spiro atoms. The number of nitrogens with zero attached hydrogens (tertiary/aromatic N) is 3. The van der Waals surface area contributed by atoms with Gasteiger partial charge in [0.25, 0.3) is 22.6 Å². The lowest BCUT2D eigenvalue weighted by molar-refractivity contribution is -0.0230. The Kier molecular flexibility index (Phi) is 8.21. The summed E-state index contributed by atoms with van der Waals surface area (Å²) in [6, 6.07) is 4.95. The van der Waals surface area contributed by atoms with Gasteiger partial charge in [-0.1, -0.05) is 17.4 Å². The molecule has 0 unspecified atom stereocenters. The first-order valence-corrected chi connectivity index (χ1v) is 13.3. The molecule has 1 N–H and O–H groups in total. The van der Waals surface area contributed by atoms with E-state index in [1.54, 1.807) is 12.1 Å². The molecule has 0 radical (unpaired) electrons. The molecule has 0 bridgehead atoms. The first-order chi connectivity index (χ1) is 16.7. The van der Waals surface area contributed by atoms with Crippen LogP contribution in [0.1, 0.15) is 67.0 Å². The quantitative estimate of drug-likeness (QED) is 0.552.